The van der Waals surface area contributed by atoms with Crippen molar-refractivity contribution in [3.63, 3.8) is 0 Å². The second-order valence-electron chi connectivity index (χ2n) is 7.20. The van der Waals surface area contributed by atoms with Crippen molar-refractivity contribution in [2.75, 3.05) is 30.4 Å². The molecule has 1 saturated heterocycles. The summed E-state index contributed by atoms with van der Waals surface area (Å²) in [6.45, 7) is 3.56. The topological polar surface area (TPSA) is 68.5 Å². The first kappa shape index (κ1) is 17.0. The van der Waals surface area contributed by atoms with Crippen molar-refractivity contribution in [2.45, 2.75) is 31.6 Å². The Morgan fingerprint density at radius 1 is 1.31 bits per heavy atom. The monoisotopic (exact) mass is 355 g/mol. The molecule has 0 unspecified atom stereocenters. The summed E-state index contributed by atoms with van der Waals surface area (Å²) in [4.78, 5) is 18.8. The van der Waals surface area contributed by atoms with E-state index in [4.69, 9.17) is 15.5 Å². The molecule has 1 fully saturated rings. The van der Waals surface area contributed by atoms with E-state index in [0.717, 1.165) is 35.3 Å². The summed E-state index contributed by atoms with van der Waals surface area (Å²) in [5, 5.41) is 0. The molecule has 26 heavy (non-hydrogen) atoms. The second-order valence-corrected chi connectivity index (χ2v) is 7.20. The summed E-state index contributed by atoms with van der Waals surface area (Å²) in [6, 6.07) is 8.33. The summed E-state index contributed by atoms with van der Waals surface area (Å²) in [5.74, 6) is 0.219. The highest BCUT2D eigenvalue weighted by molar-refractivity contribution is 5.94. The number of nitrogens with two attached hydrogens (primary N) is 1. The van der Waals surface area contributed by atoms with Gasteiger partial charge in [-0.05, 0) is 36.6 Å². The van der Waals surface area contributed by atoms with E-state index in [0.29, 0.717) is 32.0 Å². The van der Waals surface area contributed by atoms with Gasteiger partial charge in [-0.2, -0.15) is 0 Å². The van der Waals surface area contributed by atoms with Crippen LogP contribution in [0.2, 0.25) is 0 Å². The smallest absolute Gasteiger partial charge is 0.223 e. The van der Waals surface area contributed by atoms with E-state index < -0.39 is 0 Å². The maximum Gasteiger partial charge on any atom is 0.223 e. The molecule has 1 spiro atoms. The van der Waals surface area contributed by atoms with Gasteiger partial charge >= 0.3 is 0 Å². The van der Waals surface area contributed by atoms with Crippen LogP contribution in [0.4, 0.5) is 15.9 Å². The number of aromatic nitrogens is 1. The molecule has 0 aliphatic carbocycles. The minimum Gasteiger partial charge on any atom is -0.383 e. The molecule has 5 nitrogen and oxygen atoms in total. The van der Waals surface area contributed by atoms with Gasteiger partial charge in [0.1, 0.15) is 11.6 Å². The number of pyridine rings is 1. The molecule has 0 radical (unpaired) electrons. The largest absolute Gasteiger partial charge is 0.383 e. The molecular formula is C20H22FN3O2. The van der Waals surface area contributed by atoms with Crippen LogP contribution in [-0.2, 0) is 21.4 Å². The van der Waals surface area contributed by atoms with Crippen molar-refractivity contribution in [2.24, 2.45) is 0 Å². The van der Waals surface area contributed by atoms with Crippen molar-refractivity contribution in [1.82, 2.24) is 4.98 Å². The predicted molar refractivity (Wildman–Crippen MR) is 97.6 cm³/mol. The molecule has 6 heteroatoms. The van der Waals surface area contributed by atoms with Gasteiger partial charge in [-0.1, -0.05) is 12.1 Å². The van der Waals surface area contributed by atoms with Gasteiger partial charge in [0, 0.05) is 44.1 Å². The third-order valence-corrected chi connectivity index (χ3v) is 5.51. The average Bonchev–Trinajstić information content (AvgIpc) is 2.92. The fourth-order valence-electron chi connectivity index (χ4n) is 4.02. The molecule has 1 aromatic carbocycles. The molecule has 0 atom stereocenters. The first-order chi connectivity index (χ1) is 12.5. The molecule has 1 amide bonds. The summed E-state index contributed by atoms with van der Waals surface area (Å²) in [6.07, 6.45) is 2.23. The first-order valence-corrected chi connectivity index (χ1v) is 8.89. The summed E-state index contributed by atoms with van der Waals surface area (Å²) >= 11 is 0. The molecule has 2 aliphatic heterocycles. The van der Waals surface area contributed by atoms with Crippen molar-refractivity contribution in [3.8, 4) is 0 Å². The van der Waals surface area contributed by atoms with Crippen LogP contribution in [0.1, 0.15) is 36.6 Å². The summed E-state index contributed by atoms with van der Waals surface area (Å²) in [7, 11) is 0. The number of rotatable bonds is 2. The van der Waals surface area contributed by atoms with Gasteiger partial charge in [-0.15, -0.1) is 0 Å². The van der Waals surface area contributed by atoms with Crippen molar-refractivity contribution < 1.29 is 13.9 Å². The standard InChI is InChI=1S/C20H22FN3O2/c1-13(25)24-12-20(6-8-26-9-7-20)18-17(24)11-15(19(22)23-18)10-14-2-4-16(21)5-3-14/h2-5,11H,6-10,12H2,1H3,(H2,22,23). The molecule has 0 saturated carbocycles. The molecule has 2 aliphatic rings. The van der Waals surface area contributed by atoms with E-state index in [1.54, 1.807) is 24.0 Å². The van der Waals surface area contributed by atoms with E-state index in [2.05, 4.69) is 0 Å². The van der Waals surface area contributed by atoms with E-state index in [-0.39, 0.29) is 17.1 Å². The van der Waals surface area contributed by atoms with Gasteiger partial charge in [0.15, 0.2) is 0 Å². The minimum atomic E-state index is -0.266. The molecule has 1 aromatic heterocycles. The maximum absolute atomic E-state index is 13.1. The Labute approximate surface area is 152 Å². The fourth-order valence-corrected chi connectivity index (χ4v) is 4.02. The third kappa shape index (κ3) is 2.84. The van der Waals surface area contributed by atoms with Gasteiger partial charge in [0.25, 0.3) is 0 Å². The minimum absolute atomic E-state index is 0.00826. The van der Waals surface area contributed by atoms with E-state index in [1.807, 2.05) is 6.07 Å². The van der Waals surface area contributed by atoms with E-state index in [9.17, 15) is 9.18 Å². The van der Waals surface area contributed by atoms with Crippen LogP contribution >= 0.6 is 0 Å². The van der Waals surface area contributed by atoms with Gasteiger partial charge < -0.3 is 15.4 Å². The van der Waals surface area contributed by atoms with Crippen molar-refractivity contribution >= 4 is 17.4 Å². The number of hydrogen-bond donors (Lipinski definition) is 1. The summed E-state index contributed by atoms with van der Waals surface area (Å²) in [5.41, 5.74) is 9.67. The quantitative estimate of drug-likeness (QED) is 0.899. The molecular weight excluding hydrogens is 333 g/mol. The Kier molecular flexibility index (Phi) is 4.15. The highest BCUT2D eigenvalue weighted by Crippen LogP contribution is 2.46. The van der Waals surface area contributed by atoms with Gasteiger partial charge in [0.2, 0.25) is 5.91 Å². The first-order valence-electron chi connectivity index (χ1n) is 8.89. The highest BCUT2D eigenvalue weighted by Gasteiger charge is 2.46. The highest BCUT2D eigenvalue weighted by atomic mass is 19.1. The average molecular weight is 355 g/mol. The Bertz CT molecular complexity index is 845. The number of benzene rings is 1. The van der Waals surface area contributed by atoms with Crippen LogP contribution in [0, 0.1) is 5.82 Å². The maximum atomic E-state index is 13.1. The number of nitrogens with zero attached hydrogens (tertiary/aromatic N) is 2. The Morgan fingerprint density at radius 2 is 2.00 bits per heavy atom. The predicted octanol–water partition coefficient (Wildman–Crippen LogP) is 2.81. The molecule has 2 aromatic rings. The molecule has 2 N–H and O–H groups in total. The van der Waals surface area contributed by atoms with E-state index >= 15 is 0 Å². The van der Waals surface area contributed by atoms with Crippen LogP contribution in [0.5, 0.6) is 0 Å². The van der Waals surface area contributed by atoms with Gasteiger partial charge in [-0.3, -0.25) is 4.79 Å². The number of hydrogen-bond acceptors (Lipinski definition) is 4. The third-order valence-electron chi connectivity index (χ3n) is 5.51. The zero-order valence-electron chi connectivity index (χ0n) is 14.8. The van der Waals surface area contributed by atoms with Gasteiger partial charge in [0.05, 0.1) is 11.4 Å². The summed E-state index contributed by atoms with van der Waals surface area (Å²) < 4.78 is 18.7. The van der Waals surface area contributed by atoms with Crippen LogP contribution in [-0.4, -0.2) is 30.6 Å². The molecule has 4 rings (SSSR count). The Hall–Kier alpha value is -2.47. The Morgan fingerprint density at radius 3 is 2.65 bits per heavy atom. The van der Waals surface area contributed by atoms with Crippen LogP contribution in [0.3, 0.4) is 0 Å². The van der Waals surface area contributed by atoms with Crippen molar-refractivity contribution in [1.29, 1.82) is 0 Å². The lowest BCUT2D eigenvalue weighted by Gasteiger charge is -2.33. The zero-order valence-corrected chi connectivity index (χ0v) is 14.8. The molecule has 136 valence electrons. The number of carbonyl (C=O) groups is 1. The zero-order chi connectivity index (χ0) is 18.3. The van der Waals surface area contributed by atoms with Crippen molar-refractivity contribution in [3.05, 3.63) is 53.0 Å². The second kappa shape index (κ2) is 6.36. The normalized spacial score (nSPS) is 18.2. The Balaban J connectivity index is 1.74. The lowest BCUT2D eigenvalue weighted by Crippen LogP contribution is -2.40. The van der Waals surface area contributed by atoms with E-state index in [1.165, 1.54) is 12.1 Å². The van der Waals surface area contributed by atoms with Gasteiger partial charge in [-0.25, -0.2) is 9.37 Å². The number of anilines is 2. The van der Waals surface area contributed by atoms with Crippen LogP contribution in [0.25, 0.3) is 0 Å². The number of nitrogen functional groups attached to an aromatic ring is 1. The number of halogens is 1. The number of fused-ring (bicyclic) bond motifs is 2. The fraction of sp³-hybridized carbons (Fsp3) is 0.400. The number of amides is 1. The lowest BCUT2D eigenvalue weighted by atomic mass is 9.78. The van der Waals surface area contributed by atoms with Crippen LogP contribution < -0.4 is 10.6 Å². The SMILES string of the molecule is CC(=O)N1CC2(CCOCC2)c2nc(N)c(Cc3ccc(F)cc3)cc21. The lowest BCUT2D eigenvalue weighted by molar-refractivity contribution is -0.116. The number of carbonyl (C=O) groups excluding carboxylic acids is 1. The van der Waals surface area contributed by atoms with Crippen LogP contribution in [0.15, 0.2) is 30.3 Å². The number of ether oxygens (including phenoxy) is 1. The molecule has 0 bridgehead atoms. The molecule has 3 heterocycles.